The van der Waals surface area contributed by atoms with Gasteiger partial charge in [-0.2, -0.15) is 13.2 Å². The first-order valence-corrected chi connectivity index (χ1v) is 6.39. The van der Waals surface area contributed by atoms with Crippen molar-refractivity contribution in [3.8, 4) is 12.3 Å². The van der Waals surface area contributed by atoms with Crippen LogP contribution in [-0.4, -0.2) is 18.5 Å². The monoisotopic (exact) mass is 348 g/mol. The van der Waals surface area contributed by atoms with Gasteiger partial charge in [0, 0.05) is 10.2 Å². The number of hydrogen-bond donors (Lipinski definition) is 2. The Bertz CT molecular complexity index is 537. The Morgan fingerprint density at radius 3 is 2.65 bits per heavy atom. The Balaban J connectivity index is 2.85. The molecule has 0 fully saturated rings. The molecule has 0 heterocycles. The number of carbonyl (C=O) groups excluding carboxylic acids is 1. The number of terminal acetylenes is 1. The summed E-state index contributed by atoms with van der Waals surface area (Å²) in [7, 11) is 0. The molecule has 0 aliphatic heterocycles. The number of hydrogen-bond acceptors (Lipinski definition) is 2. The molecule has 1 rings (SSSR count). The van der Waals surface area contributed by atoms with Crippen LogP contribution >= 0.6 is 15.9 Å². The fourth-order valence-corrected chi connectivity index (χ4v) is 1.94. The number of rotatable bonds is 4. The number of carbonyl (C=O) groups is 1. The standard InChI is InChI=1S/C13H12BrF3N2O/c1-3-4-18-12(20)8(2)19-11-6-9(13(15,16)17)5-10(14)7-11/h1,5-8,19H,4H2,2H3,(H,18,20). The van der Waals surface area contributed by atoms with Crippen LogP contribution in [0.3, 0.4) is 0 Å². The van der Waals surface area contributed by atoms with E-state index in [1.165, 1.54) is 13.0 Å². The molecule has 1 atom stereocenters. The molecule has 1 aromatic rings. The number of benzene rings is 1. The van der Waals surface area contributed by atoms with Gasteiger partial charge in [-0.15, -0.1) is 6.42 Å². The van der Waals surface area contributed by atoms with Crippen LogP contribution in [0.25, 0.3) is 0 Å². The molecule has 0 spiro atoms. The molecule has 0 radical (unpaired) electrons. The van der Waals surface area contributed by atoms with Crippen molar-refractivity contribution in [1.82, 2.24) is 5.32 Å². The minimum absolute atomic E-state index is 0.0666. The molecule has 108 valence electrons. The van der Waals surface area contributed by atoms with E-state index in [2.05, 4.69) is 32.5 Å². The summed E-state index contributed by atoms with van der Waals surface area (Å²) in [6.07, 6.45) is 0.552. The van der Waals surface area contributed by atoms with E-state index in [9.17, 15) is 18.0 Å². The maximum absolute atomic E-state index is 12.7. The number of halogens is 4. The molecule has 20 heavy (non-hydrogen) atoms. The SMILES string of the molecule is C#CCNC(=O)C(C)Nc1cc(Br)cc(C(F)(F)F)c1. The number of anilines is 1. The van der Waals surface area contributed by atoms with Crippen molar-refractivity contribution < 1.29 is 18.0 Å². The lowest BCUT2D eigenvalue weighted by atomic mass is 10.2. The molecule has 3 nitrogen and oxygen atoms in total. The lowest BCUT2D eigenvalue weighted by Crippen LogP contribution is -2.37. The lowest BCUT2D eigenvalue weighted by Gasteiger charge is -2.16. The van der Waals surface area contributed by atoms with Crippen molar-refractivity contribution in [2.24, 2.45) is 0 Å². The van der Waals surface area contributed by atoms with Gasteiger partial charge in [-0.3, -0.25) is 4.79 Å². The fourth-order valence-electron chi connectivity index (χ4n) is 1.44. The second-order valence-corrected chi connectivity index (χ2v) is 4.93. The first kappa shape index (κ1) is 16.4. The molecule has 0 aliphatic rings. The van der Waals surface area contributed by atoms with Gasteiger partial charge in [0.1, 0.15) is 6.04 Å². The summed E-state index contributed by atoms with van der Waals surface area (Å²) in [5, 5.41) is 5.13. The molecule has 1 amide bonds. The molecule has 7 heteroatoms. The van der Waals surface area contributed by atoms with Crippen molar-refractivity contribution >= 4 is 27.5 Å². The smallest absolute Gasteiger partial charge is 0.374 e. The zero-order chi connectivity index (χ0) is 15.3. The highest BCUT2D eigenvalue weighted by Crippen LogP contribution is 2.33. The molecule has 0 bridgehead atoms. The van der Waals surface area contributed by atoms with Gasteiger partial charge >= 0.3 is 6.18 Å². The average Bonchev–Trinajstić information content (AvgIpc) is 2.34. The predicted molar refractivity (Wildman–Crippen MR) is 74.1 cm³/mol. The van der Waals surface area contributed by atoms with Crippen molar-refractivity contribution in [2.75, 3.05) is 11.9 Å². The largest absolute Gasteiger partial charge is 0.416 e. The highest BCUT2D eigenvalue weighted by Gasteiger charge is 2.31. The quantitative estimate of drug-likeness (QED) is 0.821. The Kier molecular flexibility index (Phi) is 5.45. The number of alkyl halides is 3. The number of nitrogens with one attached hydrogen (secondary N) is 2. The molecule has 0 aromatic heterocycles. The van der Waals surface area contributed by atoms with Crippen LogP contribution in [-0.2, 0) is 11.0 Å². The summed E-state index contributed by atoms with van der Waals surface area (Å²) >= 11 is 3.01. The van der Waals surface area contributed by atoms with Gasteiger partial charge in [-0.25, -0.2) is 0 Å². The summed E-state index contributed by atoms with van der Waals surface area (Å²) in [5.41, 5.74) is -0.610. The molecule has 0 saturated heterocycles. The fraction of sp³-hybridized carbons (Fsp3) is 0.308. The van der Waals surface area contributed by atoms with Gasteiger partial charge in [0.15, 0.2) is 0 Å². The van der Waals surface area contributed by atoms with Gasteiger partial charge in [0.25, 0.3) is 0 Å². The van der Waals surface area contributed by atoms with Crippen molar-refractivity contribution in [1.29, 1.82) is 0 Å². The van der Waals surface area contributed by atoms with Crippen LogP contribution in [0, 0.1) is 12.3 Å². The highest BCUT2D eigenvalue weighted by atomic mass is 79.9. The van der Waals surface area contributed by atoms with Crippen molar-refractivity contribution in [2.45, 2.75) is 19.1 Å². The van der Waals surface area contributed by atoms with Crippen LogP contribution in [0.15, 0.2) is 22.7 Å². The topological polar surface area (TPSA) is 41.1 Å². The minimum atomic E-state index is -4.45. The van der Waals surface area contributed by atoms with Gasteiger partial charge in [-0.05, 0) is 25.1 Å². The summed E-state index contributed by atoms with van der Waals surface area (Å²) < 4.78 is 38.3. The Morgan fingerprint density at radius 2 is 2.10 bits per heavy atom. The second kappa shape index (κ2) is 6.66. The third-order valence-electron chi connectivity index (χ3n) is 2.37. The third kappa shape index (κ3) is 4.78. The summed E-state index contributed by atoms with van der Waals surface area (Å²) in [6, 6.07) is 2.66. The van der Waals surface area contributed by atoms with Gasteiger partial charge in [-0.1, -0.05) is 21.9 Å². The average molecular weight is 349 g/mol. The molecule has 2 N–H and O–H groups in total. The minimum Gasteiger partial charge on any atom is -0.374 e. The summed E-state index contributed by atoms with van der Waals surface area (Å²) in [6.45, 7) is 1.59. The first-order valence-electron chi connectivity index (χ1n) is 5.59. The second-order valence-electron chi connectivity index (χ2n) is 4.01. The first-order chi connectivity index (χ1) is 9.24. The van der Waals surface area contributed by atoms with Crippen LogP contribution in [0.2, 0.25) is 0 Å². The maximum atomic E-state index is 12.7. The van der Waals surface area contributed by atoms with E-state index in [1.54, 1.807) is 0 Å². The molecule has 0 saturated carbocycles. The highest BCUT2D eigenvalue weighted by molar-refractivity contribution is 9.10. The van der Waals surface area contributed by atoms with Crippen LogP contribution in [0.5, 0.6) is 0 Å². The van der Waals surface area contributed by atoms with Crippen molar-refractivity contribution in [3.63, 3.8) is 0 Å². The van der Waals surface area contributed by atoms with E-state index < -0.39 is 23.7 Å². The molecular formula is C13H12BrF3N2O. The van der Waals surface area contributed by atoms with Crippen LogP contribution < -0.4 is 10.6 Å². The van der Waals surface area contributed by atoms with E-state index in [0.717, 1.165) is 12.1 Å². The summed E-state index contributed by atoms with van der Waals surface area (Å²) in [4.78, 5) is 11.6. The zero-order valence-corrected chi connectivity index (χ0v) is 12.1. The third-order valence-corrected chi connectivity index (χ3v) is 2.82. The molecule has 0 aliphatic carbocycles. The van der Waals surface area contributed by atoms with Crippen molar-refractivity contribution in [3.05, 3.63) is 28.2 Å². The lowest BCUT2D eigenvalue weighted by molar-refractivity contribution is -0.137. The van der Waals surface area contributed by atoms with E-state index in [1.807, 2.05) is 0 Å². The van der Waals surface area contributed by atoms with E-state index >= 15 is 0 Å². The van der Waals surface area contributed by atoms with E-state index in [0.29, 0.717) is 0 Å². The number of amides is 1. The van der Waals surface area contributed by atoms with Crippen LogP contribution in [0.1, 0.15) is 12.5 Å². The molecular weight excluding hydrogens is 337 g/mol. The van der Waals surface area contributed by atoms with Gasteiger partial charge in [0.2, 0.25) is 5.91 Å². The van der Waals surface area contributed by atoms with Gasteiger partial charge < -0.3 is 10.6 Å². The Labute approximate surface area is 123 Å². The predicted octanol–water partition coefficient (Wildman–Crippen LogP) is 3.02. The summed E-state index contributed by atoms with van der Waals surface area (Å²) in [5.74, 6) is 1.85. The van der Waals surface area contributed by atoms with Gasteiger partial charge in [0.05, 0.1) is 12.1 Å². The van der Waals surface area contributed by atoms with E-state index in [4.69, 9.17) is 6.42 Å². The molecule has 1 aromatic carbocycles. The molecule has 1 unspecified atom stereocenters. The Hall–Kier alpha value is -1.68. The maximum Gasteiger partial charge on any atom is 0.416 e. The normalized spacial score (nSPS) is 12.4. The van der Waals surface area contributed by atoms with Crippen LogP contribution in [0.4, 0.5) is 18.9 Å². The Morgan fingerprint density at radius 1 is 1.45 bits per heavy atom. The zero-order valence-electron chi connectivity index (χ0n) is 10.5. The van der Waals surface area contributed by atoms with E-state index in [-0.39, 0.29) is 16.7 Å².